The normalized spacial score (nSPS) is 15.6. The SMILES string of the molecule is Cc1ccc(CC(=O)NCCCN2CCCC2)cc1. The number of carbonyl (C=O) groups is 1. The van der Waals surface area contributed by atoms with E-state index >= 15 is 0 Å². The number of hydrogen-bond donors (Lipinski definition) is 1. The summed E-state index contributed by atoms with van der Waals surface area (Å²) in [4.78, 5) is 14.2. The Morgan fingerprint density at radius 3 is 2.58 bits per heavy atom. The lowest BCUT2D eigenvalue weighted by molar-refractivity contribution is -0.120. The van der Waals surface area contributed by atoms with E-state index < -0.39 is 0 Å². The van der Waals surface area contributed by atoms with E-state index in [1.54, 1.807) is 0 Å². The summed E-state index contributed by atoms with van der Waals surface area (Å²) in [6, 6.07) is 8.16. The van der Waals surface area contributed by atoms with Gasteiger partial charge in [0.2, 0.25) is 5.91 Å². The van der Waals surface area contributed by atoms with Crippen molar-refractivity contribution in [2.45, 2.75) is 32.6 Å². The molecule has 0 radical (unpaired) electrons. The Bertz CT molecular complexity index is 394. The van der Waals surface area contributed by atoms with Gasteiger partial charge in [-0.15, -0.1) is 0 Å². The molecule has 0 unspecified atom stereocenters. The van der Waals surface area contributed by atoms with Crippen LogP contribution in [0.25, 0.3) is 0 Å². The zero-order valence-corrected chi connectivity index (χ0v) is 11.8. The molecule has 3 nitrogen and oxygen atoms in total. The van der Waals surface area contributed by atoms with E-state index in [0.717, 1.165) is 25.1 Å². The lowest BCUT2D eigenvalue weighted by Gasteiger charge is -2.14. The van der Waals surface area contributed by atoms with Crippen molar-refractivity contribution in [3.8, 4) is 0 Å². The maximum absolute atomic E-state index is 11.8. The largest absolute Gasteiger partial charge is 0.356 e. The fraction of sp³-hybridized carbons (Fsp3) is 0.562. The Kier molecular flexibility index (Phi) is 5.40. The molecule has 1 aliphatic rings. The summed E-state index contributed by atoms with van der Waals surface area (Å²) in [7, 11) is 0. The molecule has 1 N–H and O–H groups in total. The highest BCUT2D eigenvalue weighted by Crippen LogP contribution is 2.07. The van der Waals surface area contributed by atoms with Crippen molar-refractivity contribution >= 4 is 5.91 Å². The Hall–Kier alpha value is -1.35. The van der Waals surface area contributed by atoms with Gasteiger partial charge in [-0.2, -0.15) is 0 Å². The van der Waals surface area contributed by atoms with E-state index in [9.17, 15) is 4.79 Å². The van der Waals surface area contributed by atoms with Crippen LogP contribution in [0.1, 0.15) is 30.4 Å². The van der Waals surface area contributed by atoms with Crippen LogP contribution in [0.5, 0.6) is 0 Å². The lowest BCUT2D eigenvalue weighted by atomic mass is 10.1. The zero-order chi connectivity index (χ0) is 13.5. The molecule has 1 heterocycles. The molecule has 0 aliphatic carbocycles. The number of hydrogen-bond acceptors (Lipinski definition) is 2. The van der Waals surface area contributed by atoms with Crippen LogP contribution in [0.2, 0.25) is 0 Å². The molecule has 19 heavy (non-hydrogen) atoms. The van der Waals surface area contributed by atoms with Crippen LogP contribution in [0, 0.1) is 6.92 Å². The third kappa shape index (κ3) is 5.03. The summed E-state index contributed by atoms with van der Waals surface area (Å²) >= 11 is 0. The van der Waals surface area contributed by atoms with Crippen LogP contribution in [0.15, 0.2) is 24.3 Å². The van der Waals surface area contributed by atoms with Crippen molar-refractivity contribution in [2.75, 3.05) is 26.2 Å². The third-order valence-corrected chi connectivity index (χ3v) is 3.66. The molecular formula is C16H24N2O. The van der Waals surface area contributed by atoms with Crippen LogP contribution < -0.4 is 5.32 Å². The van der Waals surface area contributed by atoms with E-state index in [0.29, 0.717) is 6.42 Å². The van der Waals surface area contributed by atoms with Crippen molar-refractivity contribution < 1.29 is 4.79 Å². The maximum Gasteiger partial charge on any atom is 0.224 e. The molecular weight excluding hydrogens is 236 g/mol. The maximum atomic E-state index is 11.8. The van der Waals surface area contributed by atoms with E-state index in [4.69, 9.17) is 0 Å². The van der Waals surface area contributed by atoms with E-state index in [2.05, 4.69) is 29.3 Å². The molecule has 1 amide bonds. The second-order valence-corrected chi connectivity index (χ2v) is 5.41. The van der Waals surface area contributed by atoms with E-state index in [-0.39, 0.29) is 5.91 Å². The van der Waals surface area contributed by atoms with Gasteiger partial charge in [-0.05, 0) is 51.4 Å². The molecule has 0 atom stereocenters. The molecule has 0 aromatic heterocycles. The molecule has 104 valence electrons. The first kappa shape index (κ1) is 14.1. The molecule has 1 fully saturated rings. The van der Waals surface area contributed by atoms with Gasteiger partial charge in [0.15, 0.2) is 0 Å². The summed E-state index contributed by atoms with van der Waals surface area (Å²) in [5.41, 5.74) is 2.32. The number of rotatable bonds is 6. The summed E-state index contributed by atoms with van der Waals surface area (Å²) in [6.07, 6.45) is 4.21. The molecule has 2 rings (SSSR count). The Morgan fingerprint density at radius 1 is 1.21 bits per heavy atom. The van der Waals surface area contributed by atoms with Crippen molar-refractivity contribution in [2.24, 2.45) is 0 Å². The smallest absolute Gasteiger partial charge is 0.224 e. The first-order valence-corrected chi connectivity index (χ1v) is 7.28. The van der Waals surface area contributed by atoms with Gasteiger partial charge in [0.05, 0.1) is 6.42 Å². The molecule has 1 saturated heterocycles. The van der Waals surface area contributed by atoms with Gasteiger partial charge < -0.3 is 10.2 Å². The van der Waals surface area contributed by atoms with Gasteiger partial charge in [0.25, 0.3) is 0 Å². The average Bonchev–Trinajstić information content (AvgIpc) is 2.91. The number of benzene rings is 1. The average molecular weight is 260 g/mol. The summed E-state index contributed by atoms with van der Waals surface area (Å²) in [5.74, 6) is 0.130. The van der Waals surface area contributed by atoms with Crippen molar-refractivity contribution in [1.29, 1.82) is 0 Å². The third-order valence-electron chi connectivity index (χ3n) is 3.66. The van der Waals surface area contributed by atoms with Crippen LogP contribution >= 0.6 is 0 Å². The number of nitrogens with one attached hydrogen (secondary N) is 1. The monoisotopic (exact) mass is 260 g/mol. The van der Waals surface area contributed by atoms with Gasteiger partial charge in [0, 0.05) is 6.54 Å². The van der Waals surface area contributed by atoms with Crippen molar-refractivity contribution in [3.63, 3.8) is 0 Å². The van der Waals surface area contributed by atoms with E-state index in [1.807, 2.05) is 12.1 Å². The van der Waals surface area contributed by atoms with Crippen LogP contribution in [0.4, 0.5) is 0 Å². The van der Waals surface area contributed by atoms with Crippen molar-refractivity contribution in [3.05, 3.63) is 35.4 Å². The summed E-state index contributed by atoms with van der Waals surface area (Å²) in [5, 5.41) is 3.00. The predicted octanol–water partition coefficient (Wildman–Crippen LogP) is 2.14. The van der Waals surface area contributed by atoms with Crippen molar-refractivity contribution in [1.82, 2.24) is 10.2 Å². The van der Waals surface area contributed by atoms with Crippen LogP contribution in [-0.2, 0) is 11.2 Å². The second-order valence-electron chi connectivity index (χ2n) is 5.41. The quantitative estimate of drug-likeness (QED) is 0.795. The fourth-order valence-corrected chi connectivity index (χ4v) is 2.49. The molecule has 1 aromatic carbocycles. The molecule has 1 aliphatic heterocycles. The zero-order valence-electron chi connectivity index (χ0n) is 11.8. The molecule has 1 aromatic rings. The highest BCUT2D eigenvalue weighted by Gasteiger charge is 2.10. The molecule has 0 saturated carbocycles. The second kappa shape index (κ2) is 7.29. The van der Waals surface area contributed by atoms with Crippen LogP contribution in [-0.4, -0.2) is 37.0 Å². The number of aryl methyl sites for hydroxylation is 1. The lowest BCUT2D eigenvalue weighted by Crippen LogP contribution is -2.29. The van der Waals surface area contributed by atoms with Gasteiger partial charge in [-0.3, -0.25) is 4.79 Å². The minimum absolute atomic E-state index is 0.130. The Balaban J connectivity index is 1.60. The number of nitrogens with zero attached hydrogens (tertiary/aromatic N) is 1. The first-order valence-electron chi connectivity index (χ1n) is 7.28. The highest BCUT2D eigenvalue weighted by atomic mass is 16.1. The summed E-state index contributed by atoms with van der Waals surface area (Å²) in [6.45, 7) is 6.43. The minimum atomic E-state index is 0.130. The van der Waals surface area contributed by atoms with Gasteiger partial charge in [0.1, 0.15) is 0 Å². The standard InChI is InChI=1S/C16H24N2O/c1-14-5-7-15(8-6-14)13-16(19)17-9-4-12-18-10-2-3-11-18/h5-8H,2-4,9-13H2,1H3,(H,17,19). The van der Waals surface area contributed by atoms with Gasteiger partial charge >= 0.3 is 0 Å². The topological polar surface area (TPSA) is 32.3 Å². The first-order chi connectivity index (χ1) is 9.24. The van der Waals surface area contributed by atoms with Crippen LogP contribution in [0.3, 0.4) is 0 Å². The van der Waals surface area contributed by atoms with Gasteiger partial charge in [-0.25, -0.2) is 0 Å². The minimum Gasteiger partial charge on any atom is -0.356 e. The molecule has 0 spiro atoms. The highest BCUT2D eigenvalue weighted by molar-refractivity contribution is 5.78. The predicted molar refractivity (Wildman–Crippen MR) is 78.2 cm³/mol. The Morgan fingerprint density at radius 2 is 1.89 bits per heavy atom. The number of amides is 1. The fourth-order valence-electron chi connectivity index (χ4n) is 2.49. The van der Waals surface area contributed by atoms with Gasteiger partial charge in [-0.1, -0.05) is 29.8 Å². The molecule has 0 bridgehead atoms. The van der Waals surface area contributed by atoms with E-state index in [1.165, 1.54) is 31.5 Å². The Labute approximate surface area is 116 Å². The molecule has 3 heteroatoms. The number of likely N-dealkylation sites (tertiary alicyclic amines) is 1. The number of carbonyl (C=O) groups excluding carboxylic acids is 1. The summed E-state index contributed by atoms with van der Waals surface area (Å²) < 4.78 is 0.